The molecule has 8 heteroatoms. The monoisotopic (exact) mass is 491 g/mol. The zero-order valence-corrected chi connectivity index (χ0v) is 20.3. The standard InChI is InChI=1S/C27H26ClN3O4/c1-18-7-10-22(11-8-18)31-16-21(14-26(31)32)27(33)30-29-15-19-9-12-24(25(13-19)34-2)35-17-20-5-3-4-6-23(20)28/h3-13,15,21H,14,16-17H2,1-2H3,(H,30,33)/b29-15+/t21-/m0/s1. The first-order valence-electron chi connectivity index (χ1n) is 11.2. The summed E-state index contributed by atoms with van der Waals surface area (Å²) < 4.78 is 11.3. The predicted molar refractivity (Wildman–Crippen MR) is 136 cm³/mol. The summed E-state index contributed by atoms with van der Waals surface area (Å²) in [5.74, 6) is 0.263. The van der Waals surface area contributed by atoms with Crippen molar-refractivity contribution in [3.63, 3.8) is 0 Å². The van der Waals surface area contributed by atoms with Crippen LogP contribution in [-0.4, -0.2) is 31.7 Å². The first kappa shape index (κ1) is 24.3. The molecule has 1 atom stereocenters. The van der Waals surface area contributed by atoms with Crippen LogP contribution >= 0.6 is 11.6 Å². The van der Waals surface area contributed by atoms with Crippen molar-refractivity contribution in [2.45, 2.75) is 20.0 Å². The number of benzene rings is 3. The molecule has 0 unspecified atom stereocenters. The Morgan fingerprint density at radius 3 is 2.66 bits per heavy atom. The fraction of sp³-hybridized carbons (Fsp3) is 0.222. The van der Waals surface area contributed by atoms with Gasteiger partial charge in [-0.3, -0.25) is 9.59 Å². The second-order valence-electron chi connectivity index (χ2n) is 8.27. The zero-order chi connectivity index (χ0) is 24.8. The minimum absolute atomic E-state index is 0.0740. The Kier molecular flexibility index (Phi) is 7.67. The number of hydrogen-bond donors (Lipinski definition) is 1. The third-order valence-electron chi connectivity index (χ3n) is 5.76. The molecule has 0 spiro atoms. The molecule has 1 heterocycles. The highest BCUT2D eigenvalue weighted by atomic mass is 35.5. The summed E-state index contributed by atoms with van der Waals surface area (Å²) in [7, 11) is 1.55. The molecule has 2 amide bonds. The van der Waals surface area contributed by atoms with Gasteiger partial charge in [0.1, 0.15) is 6.61 Å². The van der Waals surface area contributed by atoms with E-state index in [-0.39, 0.29) is 18.2 Å². The molecule has 1 aliphatic rings. The molecule has 1 fully saturated rings. The van der Waals surface area contributed by atoms with E-state index in [2.05, 4.69) is 10.5 Å². The Bertz CT molecular complexity index is 1240. The summed E-state index contributed by atoms with van der Waals surface area (Å²) in [6, 6.07) is 20.5. The van der Waals surface area contributed by atoms with Gasteiger partial charge in [0.2, 0.25) is 11.8 Å². The van der Waals surface area contributed by atoms with Gasteiger partial charge >= 0.3 is 0 Å². The van der Waals surface area contributed by atoms with Gasteiger partial charge in [0.25, 0.3) is 0 Å². The summed E-state index contributed by atoms with van der Waals surface area (Å²) >= 11 is 6.19. The zero-order valence-electron chi connectivity index (χ0n) is 19.5. The molecule has 1 saturated heterocycles. The minimum atomic E-state index is -0.462. The Hall–Kier alpha value is -3.84. The SMILES string of the molecule is COc1cc(/C=N/NC(=O)[C@H]2CC(=O)N(c3ccc(C)cc3)C2)ccc1OCc1ccccc1Cl. The van der Waals surface area contributed by atoms with Crippen molar-refractivity contribution in [2.24, 2.45) is 11.0 Å². The van der Waals surface area contributed by atoms with Gasteiger partial charge < -0.3 is 14.4 Å². The molecule has 7 nitrogen and oxygen atoms in total. The van der Waals surface area contributed by atoms with Crippen LogP contribution in [0.4, 0.5) is 5.69 Å². The molecular weight excluding hydrogens is 466 g/mol. The molecule has 0 bridgehead atoms. The summed E-state index contributed by atoms with van der Waals surface area (Å²) in [6.45, 7) is 2.62. The van der Waals surface area contributed by atoms with Crippen LogP contribution in [0.15, 0.2) is 71.8 Å². The van der Waals surface area contributed by atoms with Crippen LogP contribution in [0.25, 0.3) is 0 Å². The van der Waals surface area contributed by atoms with Crippen molar-refractivity contribution in [1.29, 1.82) is 0 Å². The van der Waals surface area contributed by atoms with Crippen molar-refractivity contribution in [3.8, 4) is 11.5 Å². The van der Waals surface area contributed by atoms with E-state index in [1.165, 1.54) is 6.21 Å². The second-order valence-corrected chi connectivity index (χ2v) is 8.67. The van der Waals surface area contributed by atoms with Crippen molar-refractivity contribution in [1.82, 2.24) is 5.43 Å². The van der Waals surface area contributed by atoms with Crippen molar-refractivity contribution in [3.05, 3.63) is 88.4 Å². The number of anilines is 1. The average Bonchev–Trinajstić information content (AvgIpc) is 3.26. The molecule has 0 saturated carbocycles. The molecule has 4 rings (SSSR count). The quantitative estimate of drug-likeness (QED) is 0.364. The highest BCUT2D eigenvalue weighted by Crippen LogP contribution is 2.29. The van der Waals surface area contributed by atoms with Crippen molar-refractivity contribution < 1.29 is 19.1 Å². The maximum Gasteiger partial charge on any atom is 0.245 e. The first-order valence-corrected chi connectivity index (χ1v) is 11.6. The third-order valence-corrected chi connectivity index (χ3v) is 6.13. The van der Waals surface area contributed by atoms with Gasteiger partial charge in [-0.15, -0.1) is 0 Å². The van der Waals surface area contributed by atoms with Gasteiger partial charge in [0.05, 0.1) is 19.2 Å². The molecule has 0 aliphatic carbocycles. The summed E-state index contributed by atoms with van der Waals surface area (Å²) in [5.41, 5.74) is 6.04. The maximum atomic E-state index is 12.6. The number of nitrogens with one attached hydrogen (secondary N) is 1. The molecule has 3 aromatic carbocycles. The third kappa shape index (κ3) is 6.00. The predicted octanol–water partition coefficient (Wildman–Crippen LogP) is 4.74. The lowest BCUT2D eigenvalue weighted by atomic mass is 10.1. The van der Waals surface area contributed by atoms with E-state index in [4.69, 9.17) is 21.1 Å². The van der Waals surface area contributed by atoms with Crippen LogP contribution in [0.2, 0.25) is 5.02 Å². The second kappa shape index (κ2) is 11.1. The Balaban J connectivity index is 1.34. The fourth-order valence-electron chi connectivity index (χ4n) is 3.77. The Morgan fingerprint density at radius 2 is 1.91 bits per heavy atom. The summed E-state index contributed by atoms with van der Waals surface area (Å²) in [5, 5.41) is 4.70. The highest BCUT2D eigenvalue weighted by Gasteiger charge is 2.35. The lowest BCUT2D eigenvalue weighted by Gasteiger charge is -2.16. The molecule has 3 aromatic rings. The molecule has 0 radical (unpaired) electrons. The normalized spacial score (nSPS) is 15.5. The van der Waals surface area contributed by atoms with Crippen molar-refractivity contribution >= 4 is 35.3 Å². The van der Waals surface area contributed by atoms with E-state index in [0.717, 1.165) is 22.4 Å². The number of rotatable bonds is 8. The van der Waals surface area contributed by atoms with E-state index >= 15 is 0 Å². The van der Waals surface area contributed by atoms with E-state index in [9.17, 15) is 9.59 Å². The highest BCUT2D eigenvalue weighted by molar-refractivity contribution is 6.31. The number of carbonyl (C=O) groups is 2. The largest absolute Gasteiger partial charge is 0.493 e. The fourth-order valence-corrected chi connectivity index (χ4v) is 3.96. The lowest BCUT2D eigenvalue weighted by molar-refractivity contribution is -0.126. The number of methoxy groups -OCH3 is 1. The number of ether oxygens (including phenoxy) is 2. The molecule has 1 N–H and O–H groups in total. The number of halogens is 1. The van der Waals surface area contributed by atoms with Gasteiger partial charge in [-0.05, 0) is 48.9 Å². The molecular formula is C27H26ClN3O4. The van der Waals surface area contributed by atoms with Crippen molar-refractivity contribution in [2.75, 3.05) is 18.6 Å². The van der Waals surface area contributed by atoms with Gasteiger partial charge in [-0.1, -0.05) is 47.5 Å². The van der Waals surface area contributed by atoms with Crippen LogP contribution < -0.4 is 19.8 Å². The Labute approximate surface area is 209 Å². The van der Waals surface area contributed by atoms with E-state index < -0.39 is 5.92 Å². The topological polar surface area (TPSA) is 80.2 Å². The van der Waals surface area contributed by atoms with Crippen LogP contribution in [0.1, 0.15) is 23.1 Å². The number of aryl methyl sites for hydroxylation is 1. The maximum absolute atomic E-state index is 12.6. The van der Waals surface area contributed by atoms with E-state index in [1.807, 2.05) is 55.5 Å². The Morgan fingerprint density at radius 1 is 1.14 bits per heavy atom. The van der Waals surface area contributed by atoms with Gasteiger partial charge in [-0.2, -0.15) is 5.10 Å². The summed E-state index contributed by atoms with van der Waals surface area (Å²) in [6.07, 6.45) is 1.67. The molecule has 35 heavy (non-hydrogen) atoms. The minimum Gasteiger partial charge on any atom is -0.493 e. The number of hydrazone groups is 1. The van der Waals surface area contributed by atoms with Gasteiger partial charge in [-0.25, -0.2) is 5.43 Å². The van der Waals surface area contributed by atoms with E-state index in [0.29, 0.717) is 29.7 Å². The number of amides is 2. The number of nitrogens with zero attached hydrogens (tertiary/aromatic N) is 2. The van der Waals surface area contributed by atoms with Crippen LogP contribution in [0.3, 0.4) is 0 Å². The smallest absolute Gasteiger partial charge is 0.245 e. The van der Waals surface area contributed by atoms with Gasteiger partial charge in [0.15, 0.2) is 11.5 Å². The number of hydrogen-bond acceptors (Lipinski definition) is 5. The molecule has 1 aliphatic heterocycles. The molecule has 0 aromatic heterocycles. The summed E-state index contributed by atoms with van der Waals surface area (Å²) in [4.78, 5) is 26.6. The van der Waals surface area contributed by atoms with Crippen LogP contribution in [0, 0.1) is 12.8 Å². The lowest BCUT2D eigenvalue weighted by Crippen LogP contribution is -2.30. The van der Waals surface area contributed by atoms with E-state index in [1.54, 1.807) is 30.2 Å². The molecule has 180 valence electrons. The van der Waals surface area contributed by atoms with Gasteiger partial charge in [0, 0.05) is 29.2 Å². The number of carbonyl (C=O) groups excluding carboxylic acids is 2. The van der Waals surface area contributed by atoms with Crippen LogP contribution in [0.5, 0.6) is 11.5 Å². The average molecular weight is 492 g/mol. The first-order chi connectivity index (χ1) is 16.9. The van der Waals surface area contributed by atoms with Crippen LogP contribution in [-0.2, 0) is 16.2 Å².